The van der Waals surface area contributed by atoms with Crippen LogP contribution in [0.3, 0.4) is 0 Å². The summed E-state index contributed by atoms with van der Waals surface area (Å²) in [6, 6.07) is 9.31. The Morgan fingerprint density at radius 2 is 2.19 bits per heavy atom. The number of H-pyrrole nitrogens is 1. The summed E-state index contributed by atoms with van der Waals surface area (Å²) in [5, 5.41) is 6.83. The minimum atomic E-state index is 0.0635. The van der Waals surface area contributed by atoms with Crippen LogP contribution in [0.5, 0.6) is 0 Å². The molecular weight excluding hydrogens is 200 g/mol. The number of ketones is 1. The van der Waals surface area contributed by atoms with Gasteiger partial charge in [0.25, 0.3) is 0 Å². The first-order valence-corrected chi connectivity index (χ1v) is 5.06. The van der Waals surface area contributed by atoms with Gasteiger partial charge in [-0.2, -0.15) is 5.10 Å². The second-order valence-corrected chi connectivity index (χ2v) is 3.42. The van der Waals surface area contributed by atoms with Crippen molar-refractivity contribution in [2.24, 2.45) is 0 Å². The minimum absolute atomic E-state index is 0.0635. The molecule has 0 saturated heterocycles. The molecule has 0 spiro atoms. The molecule has 0 saturated carbocycles. The number of allylic oxidation sites excluding steroid dienone is 1. The lowest BCUT2D eigenvalue weighted by Crippen LogP contribution is -1.99. The first-order chi connectivity index (χ1) is 7.83. The van der Waals surface area contributed by atoms with Gasteiger partial charge in [0.15, 0.2) is 5.78 Å². The van der Waals surface area contributed by atoms with E-state index >= 15 is 0 Å². The van der Waals surface area contributed by atoms with E-state index in [2.05, 4.69) is 16.8 Å². The van der Waals surface area contributed by atoms with E-state index in [0.717, 1.165) is 11.3 Å². The number of hydrogen-bond acceptors (Lipinski definition) is 2. The lowest BCUT2D eigenvalue weighted by molar-refractivity contribution is 0.0996. The van der Waals surface area contributed by atoms with Gasteiger partial charge in [-0.15, -0.1) is 6.58 Å². The summed E-state index contributed by atoms with van der Waals surface area (Å²) in [5.41, 5.74) is 2.33. The fraction of sp³-hybridized carbons (Fsp3) is 0.0769. The number of rotatable bonds is 4. The molecular formula is C13H12N2O. The van der Waals surface area contributed by atoms with E-state index in [4.69, 9.17) is 0 Å². The molecule has 16 heavy (non-hydrogen) atoms. The van der Waals surface area contributed by atoms with Crippen LogP contribution in [0.15, 0.2) is 49.2 Å². The largest absolute Gasteiger partial charge is 0.294 e. The number of carbonyl (C=O) groups is 1. The van der Waals surface area contributed by atoms with E-state index < -0.39 is 0 Å². The Balaban J connectivity index is 2.46. The molecule has 1 aromatic heterocycles. The Kier molecular flexibility index (Phi) is 2.96. The van der Waals surface area contributed by atoms with Crippen molar-refractivity contribution in [2.75, 3.05) is 0 Å². The summed E-state index contributed by atoms with van der Waals surface area (Å²) >= 11 is 0. The molecule has 0 atom stereocenters. The molecule has 1 heterocycles. The van der Waals surface area contributed by atoms with Crippen LogP contribution in [-0.2, 0) is 0 Å². The third-order valence-electron chi connectivity index (χ3n) is 2.33. The molecule has 1 aromatic carbocycles. The van der Waals surface area contributed by atoms with Gasteiger partial charge in [0, 0.05) is 23.7 Å². The van der Waals surface area contributed by atoms with Gasteiger partial charge >= 0.3 is 0 Å². The van der Waals surface area contributed by atoms with Crippen molar-refractivity contribution in [3.05, 3.63) is 54.7 Å². The van der Waals surface area contributed by atoms with E-state index in [9.17, 15) is 4.79 Å². The average molecular weight is 212 g/mol. The minimum Gasteiger partial charge on any atom is -0.294 e. The van der Waals surface area contributed by atoms with Crippen LogP contribution < -0.4 is 0 Å². The molecule has 0 bridgehead atoms. The zero-order valence-corrected chi connectivity index (χ0v) is 8.81. The lowest BCUT2D eigenvalue weighted by Gasteiger charge is -2.04. The molecule has 80 valence electrons. The van der Waals surface area contributed by atoms with Gasteiger partial charge in [0.1, 0.15) is 0 Å². The maximum atomic E-state index is 11.9. The summed E-state index contributed by atoms with van der Waals surface area (Å²) in [4.78, 5) is 11.9. The van der Waals surface area contributed by atoms with Crippen LogP contribution in [0.25, 0.3) is 11.3 Å². The molecule has 0 fully saturated rings. The van der Waals surface area contributed by atoms with Crippen LogP contribution >= 0.6 is 0 Å². The van der Waals surface area contributed by atoms with Crippen LogP contribution in [0.4, 0.5) is 0 Å². The fourth-order valence-corrected chi connectivity index (χ4v) is 1.60. The molecule has 1 N–H and O–H groups in total. The van der Waals surface area contributed by atoms with Crippen molar-refractivity contribution in [3.8, 4) is 11.3 Å². The Morgan fingerprint density at radius 1 is 1.38 bits per heavy atom. The second-order valence-electron chi connectivity index (χ2n) is 3.42. The number of nitrogens with zero attached hydrogens (tertiary/aromatic N) is 1. The van der Waals surface area contributed by atoms with E-state index in [1.165, 1.54) is 0 Å². The highest BCUT2D eigenvalue weighted by Crippen LogP contribution is 2.22. The molecule has 0 unspecified atom stereocenters. The number of aromatic nitrogens is 2. The van der Waals surface area contributed by atoms with Crippen molar-refractivity contribution in [1.29, 1.82) is 0 Å². The van der Waals surface area contributed by atoms with Gasteiger partial charge < -0.3 is 0 Å². The average Bonchev–Trinajstić information content (AvgIpc) is 2.83. The third kappa shape index (κ3) is 1.93. The highest BCUT2D eigenvalue weighted by Gasteiger charge is 2.11. The Morgan fingerprint density at radius 3 is 2.88 bits per heavy atom. The van der Waals surface area contributed by atoms with E-state index in [1.54, 1.807) is 12.3 Å². The van der Waals surface area contributed by atoms with E-state index in [-0.39, 0.29) is 5.78 Å². The topological polar surface area (TPSA) is 45.8 Å². The van der Waals surface area contributed by atoms with Crippen LogP contribution in [0.2, 0.25) is 0 Å². The Labute approximate surface area is 93.8 Å². The second kappa shape index (κ2) is 4.57. The monoisotopic (exact) mass is 212 g/mol. The maximum Gasteiger partial charge on any atom is 0.167 e. The molecule has 0 amide bonds. The van der Waals surface area contributed by atoms with Gasteiger partial charge in [0.2, 0.25) is 0 Å². The van der Waals surface area contributed by atoms with Crippen LogP contribution in [-0.4, -0.2) is 16.0 Å². The summed E-state index contributed by atoms with van der Waals surface area (Å²) < 4.78 is 0. The number of aromatic amines is 1. The van der Waals surface area contributed by atoms with Gasteiger partial charge in [0.05, 0.1) is 5.69 Å². The first kappa shape index (κ1) is 10.4. The normalized spacial score (nSPS) is 10.0. The number of Topliss-reactive ketones (excluding diaryl/α,β-unsaturated/α-hetero) is 1. The summed E-state index contributed by atoms with van der Waals surface area (Å²) in [6.45, 7) is 3.58. The van der Waals surface area contributed by atoms with Gasteiger partial charge in [-0.05, 0) is 6.07 Å². The van der Waals surface area contributed by atoms with Crippen LogP contribution in [0, 0.1) is 0 Å². The fourth-order valence-electron chi connectivity index (χ4n) is 1.60. The number of hydrogen-bond donors (Lipinski definition) is 1. The van der Waals surface area contributed by atoms with E-state index in [0.29, 0.717) is 12.0 Å². The third-order valence-corrected chi connectivity index (χ3v) is 2.33. The summed E-state index contributed by atoms with van der Waals surface area (Å²) in [5.74, 6) is 0.0635. The highest BCUT2D eigenvalue weighted by atomic mass is 16.1. The van der Waals surface area contributed by atoms with Crippen molar-refractivity contribution < 1.29 is 4.79 Å². The van der Waals surface area contributed by atoms with Crippen molar-refractivity contribution in [3.63, 3.8) is 0 Å². The summed E-state index contributed by atoms with van der Waals surface area (Å²) in [7, 11) is 0. The molecule has 0 radical (unpaired) electrons. The maximum absolute atomic E-state index is 11.9. The lowest BCUT2D eigenvalue weighted by atomic mass is 9.99. The SMILES string of the molecule is C=CCC(=O)c1ccccc1-c1cc[nH]n1. The van der Waals surface area contributed by atoms with Crippen molar-refractivity contribution in [1.82, 2.24) is 10.2 Å². The molecule has 2 rings (SSSR count). The predicted octanol–water partition coefficient (Wildman–Crippen LogP) is 2.84. The zero-order chi connectivity index (χ0) is 11.4. The molecule has 3 heteroatoms. The molecule has 3 nitrogen and oxygen atoms in total. The predicted molar refractivity (Wildman–Crippen MR) is 63.2 cm³/mol. The first-order valence-electron chi connectivity index (χ1n) is 5.06. The van der Waals surface area contributed by atoms with Gasteiger partial charge in [-0.3, -0.25) is 9.89 Å². The Bertz CT molecular complexity index is 500. The smallest absolute Gasteiger partial charge is 0.167 e. The number of nitrogens with one attached hydrogen (secondary N) is 1. The highest BCUT2D eigenvalue weighted by molar-refractivity contribution is 6.02. The van der Waals surface area contributed by atoms with Gasteiger partial charge in [-0.25, -0.2) is 0 Å². The summed E-state index contributed by atoms with van der Waals surface area (Å²) in [6.07, 6.45) is 3.70. The zero-order valence-electron chi connectivity index (χ0n) is 8.81. The molecule has 0 aliphatic rings. The molecule has 2 aromatic rings. The van der Waals surface area contributed by atoms with E-state index in [1.807, 2.05) is 30.3 Å². The van der Waals surface area contributed by atoms with Crippen molar-refractivity contribution >= 4 is 5.78 Å². The number of carbonyl (C=O) groups excluding carboxylic acids is 1. The van der Waals surface area contributed by atoms with Crippen molar-refractivity contribution in [2.45, 2.75) is 6.42 Å². The quantitative estimate of drug-likeness (QED) is 0.625. The Hall–Kier alpha value is -2.16. The van der Waals surface area contributed by atoms with Gasteiger partial charge in [-0.1, -0.05) is 30.3 Å². The standard InChI is InChI=1S/C13H12N2O/c1-2-5-13(16)11-7-4-3-6-10(11)12-8-9-14-15-12/h2-4,6-9H,1,5H2,(H,14,15). The molecule has 0 aliphatic carbocycles. The molecule has 0 aliphatic heterocycles. The van der Waals surface area contributed by atoms with Crippen LogP contribution in [0.1, 0.15) is 16.8 Å². The number of benzene rings is 1.